The normalized spacial score (nSPS) is 23.7. The summed E-state index contributed by atoms with van der Waals surface area (Å²) < 4.78 is 5.28. The molecule has 0 saturated carbocycles. The second-order valence-corrected chi connectivity index (χ2v) is 6.18. The van der Waals surface area contributed by atoms with Gasteiger partial charge in [0, 0.05) is 18.6 Å². The molecule has 2 saturated heterocycles. The summed E-state index contributed by atoms with van der Waals surface area (Å²) in [4.78, 5) is 29.9. The van der Waals surface area contributed by atoms with Crippen molar-refractivity contribution in [3.05, 3.63) is 46.4 Å². The van der Waals surface area contributed by atoms with Crippen molar-refractivity contribution in [2.24, 2.45) is 0 Å². The first kappa shape index (κ1) is 14.3. The average Bonchev–Trinajstić information content (AvgIpc) is 3.14. The second kappa shape index (κ2) is 5.70. The molecule has 23 heavy (non-hydrogen) atoms. The molecule has 0 aromatic carbocycles. The molecule has 4 rings (SSSR count). The van der Waals surface area contributed by atoms with Crippen LogP contribution in [0.5, 0.6) is 0 Å². The van der Waals surface area contributed by atoms with Crippen molar-refractivity contribution in [2.75, 3.05) is 13.1 Å². The smallest absolute Gasteiger partial charge is 0.261 e. The summed E-state index contributed by atoms with van der Waals surface area (Å²) in [6.45, 7) is 1.74. The Morgan fingerprint density at radius 3 is 2.83 bits per heavy atom. The van der Waals surface area contributed by atoms with E-state index in [1.807, 2.05) is 4.90 Å². The molecule has 2 unspecified atom stereocenters. The van der Waals surface area contributed by atoms with Gasteiger partial charge in [0.25, 0.3) is 11.5 Å². The zero-order valence-electron chi connectivity index (χ0n) is 12.7. The Morgan fingerprint density at radius 2 is 2.04 bits per heavy atom. The van der Waals surface area contributed by atoms with E-state index in [4.69, 9.17) is 4.42 Å². The molecule has 0 aliphatic carbocycles. The van der Waals surface area contributed by atoms with Gasteiger partial charge >= 0.3 is 0 Å². The highest BCUT2D eigenvalue weighted by atomic mass is 16.3. The first-order valence-corrected chi connectivity index (χ1v) is 8.04. The van der Waals surface area contributed by atoms with E-state index in [9.17, 15) is 9.59 Å². The van der Waals surface area contributed by atoms with Crippen LogP contribution in [-0.4, -0.2) is 41.0 Å². The lowest BCUT2D eigenvalue weighted by atomic mass is 10.1. The number of carbonyl (C=O) groups is 1. The van der Waals surface area contributed by atoms with Gasteiger partial charge in [0.05, 0.1) is 12.0 Å². The van der Waals surface area contributed by atoms with Crippen LogP contribution in [0.15, 0.2) is 39.7 Å². The first-order valence-electron chi connectivity index (χ1n) is 8.04. The monoisotopic (exact) mass is 313 g/mol. The maximum absolute atomic E-state index is 12.9. The molecule has 2 atom stereocenters. The first-order chi connectivity index (χ1) is 11.2. The van der Waals surface area contributed by atoms with E-state index in [1.54, 1.807) is 30.5 Å². The van der Waals surface area contributed by atoms with Gasteiger partial charge in [-0.1, -0.05) is 0 Å². The zero-order chi connectivity index (χ0) is 15.8. The van der Waals surface area contributed by atoms with Crippen molar-refractivity contribution in [3.8, 4) is 11.5 Å². The molecule has 2 fully saturated rings. The highest BCUT2D eigenvalue weighted by Crippen LogP contribution is 2.29. The third kappa shape index (κ3) is 2.49. The number of nitrogens with one attached hydrogen (secondary N) is 2. The van der Waals surface area contributed by atoms with Crippen molar-refractivity contribution >= 4 is 5.91 Å². The number of hydrogen-bond donors (Lipinski definition) is 2. The molecule has 2 aliphatic rings. The Morgan fingerprint density at radius 1 is 1.17 bits per heavy atom. The van der Waals surface area contributed by atoms with Crippen LogP contribution in [0.4, 0.5) is 0 Å². The molecule has 0 spiro atoms. The summed E-state index contributed by atoms with van der Waals surface area (Å²) in [5.41, 5.74) is 0.427. The average molecular weight is 313 g/mol. The lowest BCUT2D eigenvalue weighted by Gasteiger charge is -2.27. The van der Waals surface area contributed by atoms with Crippen LogP contribution in [0.3, 0.4) is 0 Å². The third-order valence-corrected chi connectivity index (χ3v) is 4.82. The van der Waals surface area contributed by atoms with Crippen molar-refractivity contribution in [2.45, 2.75) is 31.3 Å². The second-order valence-electron chi connectivity index (χ2n) is 6.18. The Labute approximate surface area is 133 Å². The molecular formula is C17H19N3O3. The molecule has 2 aromatic heterocycles. The molecule has 4 heterocycles. The van der Waals surface area contributed by atoms with E-state index in [0.717, 1.165) is 32.4 Å². The van der Waals surface area contributed by atoms with Crippen molar-refractivity contribution in [3.63, 3.8) is 0 Å². The highest BCUT2D eigenvalue weighted by Gasteiger charge is 2.39. The summed E-state index contributed by atoms with van der Waals surface area (Å²) in [6, 6.07) is 7.30. The molecule has 6 heteroatoms. The van der Waals surface area contributed by atoms with Crippen LogP contribution >= 0.6 is 0 Å². The highest BCUT2D eigenvalue weighted by molar-refractivity contribution is 5.94. The fourth-order valence-electron chi connectivity index (χ4n) is 3.67. The molecule has 0 radical (unpaired) electrons. The predicted molar refractivity (Wildman–Crippen MR) is 85.2 cm³/mol. The molecule has 2 bridgehead atoms. The molecule has 120 valence electrons. The summed E-state index contributed by atoms with van der Waals surface area (Å²) in [5, 5.41) is 3.37. The summed E-state index contributed by atoms with van der Waals surface area (Å²) in [7, 11) is 0. The fourth-order valence-corrected chi connectivity index (χ4v) is 3.67. The molecule has 2 aliphatic heterocycles. The Hall–Kier alpha value is -2.34. The molecular weight excluding hydrogens is 294 g/mol. The number of pyridine rings is 1. The van der Waals surface area contributed by atoms with Crippen LogP contribution in [0, 0.1) is 0 Å². The van der Waals surface area contributed by atoms with E-state index in [2.05, 4.69) is 10.3 Å². The van der Waals surface area contributed by atoms with E-state index in [0.29, 0.717) is 11.5 Å². The van der Waals surface area contributed by atoms with Crippen LogP contribution in [-0.2, 0) is 0 Å². The van der Waals surface area contributed by atoms with Gasteiger partial charge in [0.15, 0.2) is 0 Å². The molecule has 2 aromatic rings. The lowest BCUT2D eigenvalue weighted by molar-refractivity contribution is 0.0678. The van der Waals surface area contributed by atoms with Crippen molar-refractivity contribution < 1.29 is 9.21 Å². The van der Waals surface area contributed by atoms with Gasteiger partial charge in [0.1, 0.15) is 11.3 Å². The van der Waals surface area contributed by atoms with Gasteiger partial charge in [-0.15, -0.1) is 0 Å². The number of furan rings is 1. The number of fused-ring (bicyclic) bond motifs is 2. The van der Waals surface area contributed by atoms with Gasteiger partial charge in [-0.25, -0.2) is 0 Å². The Bertz CT molecular complexity index is 752. The minimum Gasteiger partial charge on any atom is -0.463 e. The quantitative estimate of drug-likeness (QED) is 0.883. The van der Waals surface area contributed by atoms with Gasteiger partial charge in [-0.05, 0) is 50.1 Å². The van der Waals surface area contributed by atoms with Crippen LogP contribution in [0.2, 0.25) is 0 Å². The van der Waals surface area contributed by atoms with Crippen LogP contribution in [0.1, 0.15) is 29.6 Å². The number of H-pyrrole nitrogens is 1. The van der Waals surface area contributed by atoms with Gasteiger partial charge in [-0.2, -0.15) is 0 Å². The molecule has 2 N–H and O–H groups in total. The standard InChI is InChI=1S/C17H19N3O3/c21-16-13(5-6-14(19-16)15-2-1-9-23-15)17(22)20-11-3-4-12(20)10-18-8-7-11/h1-2,5-6,9,11-12,18H,3-4,7-8,10H2,(H,19,21). The maximum Gasteiger partial charge on any atom is 0.261 e. The molecule has 1 amide bonds. The van der Waals surface area contributed by atoms with Gasteiger partial charge in [-0.3, -0.25) is 9.59 Å². The predicted octanol–water partition coefficient (Wildman–Crippen LogP) is 1.60. The maximum atomic E-state index is 12.9. The largest absolute Gasteiger partial charge is 0.463 e. The summed E-state index contributed by atoms with van der Waals surface area (Å²) in [5.74, 6) is 0.425. The van der Waals surface area contributed by atoms with E-state index in [-0.39, 0.29) is 29.1 Å². The Balaban J connectivity index is 1.65. The third-order valence-electron chi connectivity index (χ3n) is 4.82. The van der Waals surface area contributed by atoms with Gasteiger partial charge < -0.3 is 19.6 Å². The van der Waals surface area contributed by atoms with Gasteiger partial charge in [0.2, 0.25) is 0 Å². The SMILES string of the molecule is O=C(c1ccc(-c2ccco2)[nH]c1=O)N1C2CCNCC1CC2. The van der Waals surface area contributed by atoms with Crippen molar-refractivity contribution in [1.29, 1.82) is 0 Å². The lowest BCUT2D eigenvalue weighted by Crippen LogP contribution is -2.44. The zero-order valence-corrected chi connectivity index (χ0v) is 12.7. The number of aromatic amines is 1. The minimum absolute atomic E-state index is 0.159. The number of rotatable bonds is 2. The fraction of sp³-hybridized carbons (Fsp3) is 0.412. The van der Waals surface area contributed by atoms with Crippen LogP contribution < -0.4 is 10.9 Å². The minimum atomic E-state index is -0.361. The summed E-state index contributed by atoms with van der Waals surface area (Å²) in [6.07, 6.45) is 4.53. The van der Waals surface area contributed by atoms with E-state index >= 15 is 0 Å². The number of amides is 1. The van der Waals surface area contributed by atoms with Crippen molar-refractivity contribution in [1.82, 2.24) is 15.2 Å². The van der Waals surface area contributed by atoms with Crippen LogP contribution in [0.25, 0.3) is 11.5 Å². The number of carbonyl (C=O) groups excluding carboxylic acids is 1. The van der Waals surface area contributed by atoms with E-state index in [1.165, 1.54) is 0 Å². The number of aromatic nitrogens is 1. The molecule has 6 nitrogen and oxygen atoms in total. The Kier molecular flexibility index (Phi) is 3.53. The number of nitrogens with zero attached hydrogens (tertiary/aromatic N) is 1. The topological polar surface area (TPSA) is 78.3 Å². The number of hydrogen-bond acceptors (Lipinski definition) is 4. The summed E-state index contributed by atoms with van der Waals surface area (Å²) >= 11 is 0. The van der Waals surface area contributed by atoms with E-state index < -0.39 is 0 Å².